The molecule has 0 saturated carbocycles. The monoisotopic (exact) mass is 387 g/mol. The topological polar surface area (TPSA) is 91.2 Å². The highest BCUT2D eigenvalue weighted by molar-refractivity contribution is 5.93. The number of nitrogens with zero attached hydrogens (tertiary/aromatic N) is 4. The number of carbonyl (C=O) groups excluding carboxylic acids is 1. The lowest BCUT2D eigenvalue weighted by Gasteiger charge is -2.12. The van der Waals surface area contributed by atoms with Gasteiger partial charge in [-0.25, -0.2) is 4.68 Å². The number of aromatic nitrogens is 4. The van der Waals surface area contributed by atoms with Crippen molar-refractivity contribution in [3.8, 4) is 22.9 Å². The zero-order valence-corrected chi connectivity index (χ0v) is 15.3. The second-order valence-corrected chi connectivity index (χ2v) is 6.00. The summed E-state index contributed by atoms with van der Waals surface area (Å²) in [6.07, 6.45) is 1.50. The maximum absolute atomic E-state index is 12.3. The Hall–Kier alpha value is -4.20. The highest BCUT2D eigenvalue weighted by Gasteiger charge is 2.09. The number of nitrogens with one attached hydrogen (secondary N) is 1. The van der Waals surface area contributed by atoms with Gasteiger partial charge in [0.15, 0.2) is 12.4 Å². The number of hydrogen-bond donors (Lipinski definition) is 1. The molecule has 0 atom stereocenters. The van der Waals surface area contributed by atoms with Gasteiger partial charge in [-0.2, -0.15) is 0 Å². The SMILES string of the molecule is O=C(COc1ccc(-n2cnnn2)cc1)Nc1ccccc1Oc1ccccc1. The summed E-state index contributed by atoms with van der Waals surface area (Å²) in [5.41, 5.74) is 1.36. The number of benzene rings is 3. The van der Waals surface area contributed by atoms with Crippen LogP contribution >= 0.6 is 0 Å². The highest BCUT2D eigenvalue weighted by atomic mass is 16.5. The summed E-state index contributed by atoms with van der Waals surface area (Å²) >= 11 is 0. The molecule has 144 valence electrons. The van der Waals surface area contributed by atoms with Crippen LogP contribution < -0.4 is 14.8 Å². The lowest BCUT2D eigenvalue weighted by atomic mass is 10.3. The van der Waals surface area contributed by atoms with E-state index in [1.54, 1.807) is 36.4 Å². The van der Waals surface area contributed by atoms with Crippen molar-refractivity contribution >= 4 is 11.6 Å². The molecule has 4 rings (SSSR count). The zero-order chi connectivity index (χ0) is 19.9. The third-order valence-electron chi connectivity index (χ3n) is 3.95. The zero-order valence-electron chi connectivity index (χ0n) is 15.3. The normalized spacial score (nSPS) is 10.3. The van der Waals surface area contributed by atoms with Gasteiger partial charge in [0, 0.05) is 0 Å². The minimum Gasteiger partial charge on any atom is -0.484 e. The third kappa shape index (κ3) is 4.75. The summed E-state index contributed by atoms with van der Waals surface area (Å²) in [6, 6.07) is 23.7. The van der Waals surface area contributed by atoms with Crippen molar-refractivity contribution in [3.63, 3.8) is 0 Å². The fourth-order valence-corrected chi connectivity index (χ4v) is 2.58. The maximum Gasteiger partial charge on any atom is 0.262 e. The van der Waals surface area contributed by atoms with Gasteiger partial charge >= 0.3 is 0 Å². The summed E-state index contributed by atoms with van der Waals surface area (Å²) in [4.78, 5) is 12.3. The van der Waals surface area contributed by atoms with E-state index in [2.05, 4.69) is 20.8 Å². The molecular formula is C21H17N5O3. The van der Waals surface area contributed by atoms with Crippen LogP contribution in [0.4, 0.5) is 5.69 Å². The predicted octanol–water partition coefficient (Wildman–Crippen LogP) is 3.47. The molecular weight excluding hydrogens is 370 g/mol. The maximum atomic E-state index is 12.3. The lowest BCUT2D eigenvalue weighted by Crippen LogP contribution is -2.20. The van der Waals surface area contributed by atoms with Crippen LogP contribution in [0, 0.1) is 0 Å². The van der Waals surface area contributed by atoms with Crippen molar-refractivity contribution in [1.82, 2.24) is 20.2 Å². The number of para-hydroxylation sites is 3. The van der Waals surface area contributed by atoms with Crippen molar-refractivity contribution in [2.24, 2.45) is 0 Å². The number of anilines is 1. The van der Waals surface area contributed by atoms with E-state index in [-0.39, 0.29) is 12.5 Å². The summed E-state index contributed by atoms with van der Waals surface area (Å²) in [5.74, 6) is 1.51. The van der Waals surface area contributed by atoms with Gasteiger partial charge < -0.3 is 14.8 Å². The Balaban J connectivity index is 1.35. The molecule has 0 saturated heterocycles. The van der Waals surface area contributed by atoms with E-state index in [1.807, 2.05) is 42.5 Å². The van der Waals surface area contributed by atoms with Gasteiger partial charge in [0.2, 0.25) is 0 Å². The first kappa shape index (κ1) is 18.2. The number of tetrazole rings is 1. The lowest BCUT2D eigenvalue weighted by molar-refractivity contribution is -0.118. The Morgan fingerprint density at radius 2 is 1.66 bits per heavy atom. The first-order valence-corrected chi connectivity index (χ1v) is 8.86. The van der Waals surface area contributed by atoms with Gasteiger partial charge in [0.05, 0.1) is 11.4 Å². The molecule has 0 radical (unpaired) electrons. The van der Waals surface area contributed by atoms with Crippen molar-refractivity contribution in [2.45, 2.75) is 0 Å². The van der Waals surface area contributed by atoms with Crippen LogP contribution in [0.15, 0.2) is 85.2 Å². The van der Waals surface area contributed by atoms with E-state index in [0.29, 0.717) is 22.9 Å². The molecule has 1 aromatic heterocycles. The standard InChI is InChI=1S/C21H17N5O3/c27-21(14-28-17-12-10-16(11-13-17)26-15-22-24-25-26)23-19-8-4-5-9-20(19)29-18-6-2-1-3-7-18/h1-13,15H,14H2,(H,23,27). The summed E-state index contributed by atoms with van der Waals surface area (Å²) in [7, 11) is 0. The molecule has 0 aliphatic carbocycles. The molecule has 0 spiro atoms. The molecule has 29 heavy (non-hydrogen) atoms. The Bertz CT molecular complexity index is 1070. The average Bonchev–Trinajstić information content (AvgIpc) is 3.30. The minimum atomic E-state index is -0.293. The Kier molecular flexibility index (Phi) is 5.43. The van der Waals surface area contributed by atoms with E-state index < -0.39 is 0 Å². The second-order valence-electron chi connectivity index (χ2n) is 6.00. The van der Waals surface area contributed by atoms with Crippen LogP contribution in [0.25, 0.3) is 5.69 Å². The minimum absolute atomic E-state index is 0.135. The van der Waals surface area contributed by atoms with E-state index >= 15 is 0 Å². The smallest absolute Gasteiger partial charge is 0.262 e. The molecule has 4 aromatic rings. The van der Waals surface area contributed by atoms with Gasteiger partial charge in [-0.1, -0.05) is 30.3 Å². The van der Waals surface area contributed by atoms with E-state index in [9.17, 15) is 4.79 Å². The van der Waals surface area contributed by atoms with Crippen molar-refractivity contribution in [2.75, 3.05) is 11.9 Å². The molecule has 0 fully saturated rings. The Labute approximate surface area is 166 Å². The molecule has 8 heteroatoms. The Morgan fingerprint density at radius 1 is 0.897 bits per heavy atom. The number of ether oxygens (including phenoxy) is 2. The first-order valence-electron chi connectivity index (χ1n) is 8.86. The molecule has 0 aliphatic rings. The molecule has 0 unspecified atom stereocenters. The van der Waals surface area contributed by atoms with Gasteiger partial charge in [0.1, 0.15) is 17.8 Å². The van der Waals surface area contributed by atoms with Crippen molar-refractivity contribution < 1.29 is 14.3 Å². The van der Waals surface area contributed by atoms with Gasteiger partial charge in [-0.3, -0.25) is 4.79 Å². The number of hydrogen-bond acceptors (Lipinski definition) is 6. The van der Waals surface area contributed by atoms with Gasteiger partial charge in [-0.15, -0.1) is 5.10 Å². The number of carbonyl (C=O) groups is 1. The van der Waals surface area contributed by atoms with Crippen LogP contribution in [-0.4, -0.2) is 32.7 Å². The van der Waals surface area contributed by atoms with Crippen molar-refractivity contribution in [3.05, 3.63) is 85.2 Å². The summed E-state index contributed by atoms with van der Waals surface area (Å²) in [6.45, 7) is -0.135. The Morgan fingerprint density at radius 3 is 2.41 bits per heavy atom. The van der Waals surface area contributed by atoms with E-state index in [0.717, 1.165) is 5.69 Å². The van der Waals surface area contributed by atoms with Crippen LogP contribution in [0.1, 0.15) is 0 Å². The quantitative estimate of drug-likeness (QED) is 0.522. The predicted molar refractivity (Wildman–Crippen MR) is 106 cm³/mol. The molecule has 1 heterocycles. The second kappa shape index (κ2) is 8.66. The largest absolute Gasteiger partial charge is 0.484 e. The van der Waals surface area contributed by atoms with Crippen LogP contribution in [0.5, 0.6) is 17.2 Å². The highest BCUT2D eigenvalue weighted by Crippen LogP contribution is 2.29. The van der Waals surface area contributed by atoms with Crippen molar-refractivity contribution in [1.29, 1.82) is 0 Å². The van der Waals surface area contributed by atoms with Gasteiger partial charge in [0.25, 0.3) is 5.91 Å². The fraction of sp³-hybridized carbons (Fsp3) is 0.0476. The van der Waals surface area contributed by atoms with Gasteiger partial charge in [-0.05, 0) is 59.0 Å². The van der Waals surface area contributed by atoms with E-state index in [4.69, 9.17) is 9.47 Å². The molecule has 1 N–H and O–H groups in total. The number of amides is 1. The molecule has 1 amide bonds. The first-order chi connectivity index (χ1) is 14.3. The molecule has 8 nitrogen and oxygen atoms in total. The average molecular weight is 387 g/mol. The third-order valence-corrected chi connectivity index (χ3v) is 3.95. The molecule has 0 aliphatic heterocycles. The van der Waals surface area contributed by atoms with Crippen LogP contribution in [-0.2, 0) is 4.79 Å². The summed E-state index contributed by atoms with van der Waals surface area (Å²) in [5, 5.41) is 13.8. The molecule has 0 bridgehead atoms. The fourth-order valence-electron chi connectivity index (χ4n) is 2.58. The molecule has 3 aromatic carbocycles. The number of rotatable bonds is 7. The summed E-state index contributed by atoms with van der Waals surface area (Å²) < 4.78 is 12.9. The van der Waals surface area contributed by atoms with E-state index in [1.165, 1.54) is 11.0 Å². The van der Waals surface area contributed by atoms with Crippen LogP contribution in [0.3, 0.4) is 0 Å². The van der Waals surface area contributed by atoms with Crippen LogP contribution in [0.2, 0.25) is 0 Å².